The van der Waals surface area contributed by atoms with E-state index >= 15 is 0 Å². The molecule has 7 nitrogen and oxygen atoms in total. The third-order valence-electron chi connectivity index (χ3n) is 3.21. The quantitative estimate of drug-likeness (QED) is 0.723. The summed E-state index contributed by atoms with van der Waals surface area (Å²) in [5, 5.41) is 18.4. The molecule has 2 N–H and O–H groups in total. The highest BCUT2D eigenvalue weighted by molar-refractivity contribution is 5.64. The lowest BCUT2D eigenvalue weighted by Crippen LogP contribution is -2.20. The molecule has 24 heavy (non-hydrogen) atoms. The van der Waals surface area contributed by atoms with E-state index in [-0.39, 0.29) is 12.4 Å². The molecule has 0 saturated heterocycles. The number of carbonyl (C=O) groups is 1. The maximum atomic E-state index is 10.4. The standard InChI is InChI=1S/C17H15N3O4/c21-17(22)18-10-15-19-20-16(24-15)13-6-8-14(9-7-13)23-11-12-4-2-1-3-5-12/h1-9,18H,10-11H2,(H,21,22). The lowest BCUT2D eigenvalue weighted by molar-refractivity contribution is 0.192. The molecule has 0 fully saturated rings. The van der Waals surface area contributed by atoms with Gasteiger partial charge in [0.15, 0.2) is 0 Å². The van der Waals surface area contributed by atoms with Crippen LogP contribution in [0.5, 0.6) is 5.75 Å². The second-order valence-corrected chi connectivity index (χ2v) is 4.96. The molecule has 7 heteroatoms. The third kappa shape index (κ3) is 4.10. The van der Waals surface area contributed by atoms with Crippen molar-refractivity contribution in [2.75, 3.05) is 0 Å². The average Bonchev–Trinajstić information content (AvgIpc) is 3.08. The van der Waals surface area contributed by atoms with Crippen LogP contribution >= 0.6 is 0 Å². The van der Waals surface area contributed by atoms with Crippen molar-refractivity contribution in [3.63, 3.8) is 0 Å². The van der Waals surface area contributed by atoms with Gasteiger partial charge in [0.05, 0.1) is 6.54 Å². The van der Waals surface area contributed by atoms with Crippen molar-refractivity contribution < 1.29 is 19.1 Å². The van der Waals surface area contributed by atoms with Gasteiger partial charge in [-0.1, -0.05) is 30.3 Å². The Morgan fingerprint density at radius 2 is 1.83 bits per heavy atom. The van der Waals surface area contributed by atoms with Crippen molar-refractivity contribution in [3.05, 3.63) is 66.1 Å². The minimum absolute atomic E-state index is 0.0272. The van der Waals surface area contributed by atoms with Gasteiger partial charge in [0, 0.05) is 5.56 Å². The Morgan fingerprint density at radius 1 is 1.08 bits per heavy atom. The monoisotopic (exact) mass is 325 g/mol. The number of rotatable bonds is 6. The summed E-state index contributed by atoms with van der Waals surface area (Å²) in [6.07, 6.45) is -1.14. The van der Waals surface area contributed by atoms with Gasteiger partial charge in [-0.25, -0.2) is 4.79 Å². The Hall–Kier alpha value is -3.35. The van der Waals surface area contributed by atoms with E-state index in [1.165, 1.54) is 0 Å². The van der Waals surface area contributed by atoms with Gasteiger partial charge in [-0.2, -0.15) is 0 Å². The summed E-state index contributed by atoms with van der Waals surface area (Å²) < 4.78 is 11.1. The lowest BCUT2D eigenvalue weighted by Gasteiger charge is -2.06. The normalized spacial score (nSPS) is 10.3. The van der Waals surface area contributed by atoms with Gasteiger partial charge in [-0.3, -0.25) is 0 Å². The van der Waals surface area contributed by atoms with Gasteiger partial charge in [0.1, 0.15) is 12.4 Å². The largest absolute Gasteiger partial charge is 0.489 e. The summed E-state index contributed by atoms with van der Waals surface area (Å²) in [5.41, 5.74) is 1.82. The summed E-state index contributed by atoms with van der Waals surface area (Å²) in [5.74, 6) is 1.26. The van der Waals surface area contributed by atoms with E-state index in [4.69, 9.17) is 14.3 Å². The number of carboxylic acid groups (broad SMARTS) is 1. The number of aromatic nitrogens is 2. The fourth-order valence-corrected chi connectivity index (χ4v) is 2.03. The molecule has 0 aliphatic heterocycles. The number of amides is 1. The summed E-state index contributed by atoms with van der Waals surface area (Å²) in [6, 6.07) is 17.1. The van der Waals surface area contributed by atoms with Crippen LogP contribution in [0.4, 0.5) is 4.79 Å². The van der Waals surface area contributed by atoms with Gasteiger partial charge in [-0.15, -0.1) is 10.2 Å². The second kappa shape index (κ2) is 7.28. The number of benzene rings is 2. The molecule has 0 bridgehead atoms. The molecular weight excluding hydrogens is 310 g/mol. The van der Waals surface area contributed by atoms with Crippen LogP contribution in [0, 0.1) is 0 Å². The number of hydrogen-bond donors (Lipinski definition) is 2. The van der Waals surface area contributed by atoms with Crippen LogP contribution in [0.2, 0.25) is 0 Å². The van der Waals surface area contributed by atoms with E-state index in [0.717, 1.165) is 16.9 Å². The van der Waals surface area contributed by atoms with E-state index in [9.17, 15) is 4.79 Å². The second-order valence-electron chi connectivity index (χ2n) is 4.96. The van der Waals surface area contributed by atoms with Gasteiger partial charge in [0.25, 0.3) is 0 Å². The Bertz CT molecular complexity index is 800. The first kappa shape index (κ1) is 15.5. The molecule has 0 spiro atoms. The van der Waals surface area contributed by atoms with Crippen molar-refractivity contribution in [2.24, 2.45) is 0 Å². The predicted molar refractivity (Wildman–Crippen MR) is 85.4 cm³/mol. The molecule has 1 heterocycles. The van der Waals surface area contributed by atoms with Crippen LogP contribution in [0.3, 0.4) is 0 Å². The van der Waals surface area contributed by atoms with Crippen molar-refractivity contribution in [1.29, 1.82) is 0 Å². The van der Waals surface area contributed by atoms with E-state index in [1.54, 1.807) is 0 Å². The minimum atomic E-state index is -1.14. The average molecular weight is 325 g/mol. The topological polar surface area (TPSA) is 97.5 Å². The van der Waals surface area contributed by atoms with Crippen molar-refractivity contribution in [2.45, 2.75) is 13.2 Å². The maximum Gasteiger partial charge on any atom is 0.405 e. The van der Waals surface area contributed by atoms with Crippen molar-refractivity contribution >= 4 is 6.09 Å². The zero-order valence-corrected chi connectivity index (χ0v) is 12.7. The van der Waals surface area contributed by atoms with Crippen LogP contribution in [-0.4, -0.2) is 21.4 Å². The van der Waals surface area contributed by atoms with E-state index < -0.39 is 6.09 Å². The van der Waals surface area contributed by atoms with Crippen LogP contribution < -0.4 is 10.1 Å². The Balaban J connectivity index is 1.61. The molecule has 2 aromatic carbocycles. The molecule has 1 aromatic heterocycles. The van der Waals surface area contributed by atoms with Crippen LogP contribution in [0.15, 0.2) is 59.0 Å². The molecule has 0 unspecified atom stereocenters. The van der Waals surface area contributed by atoms with Crippen LogP contribution in [0.25, 0.3) is 11.5 Å². The highest BCUT2D eigenvalue weighted by Gasteiger charge is 2.09. The van der Waals surface area contributed by atoms with Gasteiger partial charge < -0.3 is 19.6 Å². The zero-order valence-electron chi connectivity index (χ0n) is 12.7. The molecule has 0 aliphatic carbocycles. The summed E-state index contributed by atoms with van der Waals surface area (Å²) >= 11 is 0. The SMILES string of the molecule is O=C(O)NCc1nnc(-c2ccc(OCc3ccccc3)cc2)o1. The molecule has 0 aliphatic rings. The van der Waals surface area contributed by atoms with Crippen molar-refractivity contribution in [1.82, 2.24) is 15.5 Å². The Morgan fingerprint density at radius 3 is 2.54 bits per heavy atom. The van der Waals surface area contributed by atoms with Gasteiger partial charge in [-0.05, 0) is 29.8 Å². The first-order valence-electron chi connectivity index (χ1n) is 7.27. The lowest BCUT2D eigenvalue weighted by atomic mass is 10.2. The van der Waals surface area contributed by atoms with E-state index in [1.807, 2.05) is 54.6 Å². The maximum absolute atomic E-state index is 10.4. The molecule has 3 aromatic rings. The van der Waals surface area contributed by atoms with Gasteiger partial charge in [0.2, 0.25) is 11.8 Å². The van der Waals surface area contributed by atoms with E-state index in [2.05, 4.69) is 15.5 Å². The van der Waals surface area contributed by atoms with Gasteiger partial charge >= 0.3 is 6.09 Å². The molecule has 0 saturated carbocycles. The van der Waals surface area contributed by atoms with E-state index in [0.29, 0.717) is 12.5 Å². The summed E-state index contributed by atoms with van der Waals surface area (Å²) in [7, 11) is 0. The highest BCUT2D eigenvalue weighted by atomic mass is 16.5. The predicted octanol–water partition coefficient (Wildman–Crippen LogP) is 3.08. The zero-order chi connectivity index (χ0) is 16.8. The number of nitrogens with one attached hydrogen (secondary N) is 1. The first-order chi connectivity index (χ1) is 11.7. The first-order valence-corrected chi connectivity index (χ1v) is 7.27. The Labute approximate surface area is 137 Å². The van der Waals surface area contributed by atoms with Crippen molar-refractivity contribution in [3.8, 4) is 17.2 Å². The fourth-order valence-electron chi connectivity index (χ4n) is 2.03. The molecule has 122 valence electrons. The number of nitrogens with zero attached hydrogens (tertiary/aromatic N) is 2. The summed E-state index contributed by atoms with van der Waals surface area (Å²) in [6.45, 7) is 0.465. The summed E-state index contributed by atoms with van der Waals surface area (Å²) in [4.78, 5) is 10.4. The Kier molecular flexibility index (Phi) is 4.71. The van der Waals surface area contributed by atoms with Crippen LogP contribution in [-0.2, 0) is 13.2 Å². The highest BCUT2D eigenvalue weighted by Crippen LogP contribution is 2.22. The molecule has 0 atom stereocenters. The number of ether oxygens (including phenoxy) is 1. The molecule has 1 amide bonds. The number of hydrogen-bond acceptors (Lipinski definition) is 5. The van der Waals surface area contributed by atoms with Crippen LogP contribution in [0.1, 0.15) is 11.5 Å². The third-order valence-corrected chi connectivity index (χ3v) is 3.21. The molecule has 0 radical (unpaired) electrons. The molecular formula is C17H15N3O4. The fraction of sp³-hybridized carbons (Fsp3) is 0.118. The minimum Gasteiger partial charge on any atom is -0.489 e. The molecule has 3 rings (SSSR count). The smallest absolute Gasteiger partial charge is 0.405 e.